The molecule has 0 fully saturated rings. The third kappa shape index (κ3) is 4.03. The Labute approximate surface area is 156 Å². The van der Waals surface area contributed by atoms with Gasteiger partial charge in [-0.05, 0) is 42.5 Å². The van der Waals surface area contributed by atoms with Crippen LogP contribution in [0.1, 0.15) is 5.89 Å². The molecular weight excluding hydrogens is 372 g/mol. The average molecular weight is 390 g/mol. The van der Waals surface area contributed by atoms with Crippen molar-refractivity contribution in [3.05, 3.63) is 48.4 Å². The van der Waals surface area contributed by atoms with E-state index < -0.39 is 15.6 Å². The summed E-state index contributed by atoms with van der Waals surface area (Å²) in [7, 11) is 0.939. The van der Waals surface area contributed by atoms with Crippen molar-refractivity contribution in [3.63, 3.8) is 0 Å². The van der Waals surface area contributed by atoms with Gasteiger partial charge in [0.15, 0.2) is 21.3 Å². The van der Waals surface area contributed by atoms with E-state index in [2.05, 4.69) is 10.1 Å². The maximum absolute atomic E-state index is 12.5. The van der Waals surface area contributed by atoms with Crippen LogP contribution in [-0.2, 0) is 15.6 Å². The second-order valence-electron chi connectivity index (χ2n) is 5.52. The number of nitrogens with zero attached hydrogens (tertiary/aromatic N) is 2. The summed E-state index contributed by atoms with van der Waals surface area (Å²) in [4.78, 5) is 4.33. The van der Waals surface area contributed by atoms with Crippen molar-refractivity contribution in [2.75, 3.05) is 21.3 Å². The molecule has 0 aliphatic heterocycles. The van der Waals surface area contributed by atoms with Gasteiger partial charge in [0.25, 0.3) is 0 Å². The molecular formula is C18H18N2O6S. The first-order chi connectivity index (χ1) is 13.0. The highest BCUT2D eigenvalue weighted by molar-refractivity contribution is 7.90. The molecule has 142 valence electrons. The smallest absolute Gasteiger partial charge is 0.242 e. The summed E-state index contributed by atoms with van der Waals surface area (Å²) in [5.74, 6) is 1.49. The zero-order chi connectivity index (χ0) is 19.4. The summed E-state index contributed by atoms with van der Waals surface area (Å²) in [6.07, 6.45) is 0. The highest BCUT2D eigenvalue weighted by Crippen LogP contribution is 2.31. The first-order valence-corrected chi connectivity index (χ1v) is 9.54. The summed E-state index contributed by atoms with van der Waals surface area (Å²) in [5, 5.41) is 3.86. The minimum absolute atomic E-state index is 0.00407. The fourth-order valence-corrected chi connectivity index (χ4v) is 3.59. The molecule has 3 aromatic rings. The topological polar surface area (TPSA) is 101 Å². The molecule has 0 amide bonds. The van der Waals surface area contributed by atoms with Gasteiger partial charge in [-0.3, -0.25) is 0 Å². The van der Waals surface area contributed by atoms with Gasteiger partial charge in [0.2, 0.25) is 11.7 Å². The predicted molar refractivity (Wildman–Crippen MR) is 96.7 cm³/mol. The largest absolute Gasteiger partial charge is 0.497 e. The van der Waals surface area contributed by atoms with Crippen LogP contribution in [0, 0.1) is 0 Å². The molecule has 0 aliphatic carbocycles. The molecule has 8 nitrogen and oxygen atoms in total. The molecule has 0 atom stereocenters. The van der Waals surface area contributed by atoms with Crippen LogP contribution >= 0.6 is 0 Å². The van der Waals surface area contributed by atoms with Crippen molar-refractivity contribution in [1.29, 1.82) is 0 Å². The van der Waals surface area contributed by atoms with E-state index in [1.807, 2.05) is 0 Å². The first-order valence-electron chi connectivity index (χ1n) is 7.88. The quantitative estimate of drug-likeness (QED) is 0.607. The zero-order valence-corrected chi connectivity index (χ0v) is 15.8. The number of ether oxygens (including phenoxy) is 3. The van der Waals surface area contributed by atoms with Gasteiger partial charge in [0.05, 0.1) is 26.2 Å². The van der Waals surface area contributed by atoms with Gasteiger partial charge in [0, 0.05) is 5.56 Å². The summed E-state index contributed by atoms with van der Waals surface area (Å²) >= 11 is 0. The maximum Gasteiger partial charge on any atom is 0.242 e. The average Bonchev–Trinajstić information content (AvgIpc) is 3.15. The SMILES string of the molecule is COc1ccc(S(=O)(=O)Cc2nc(-c3ccc(OC)c(OC)c3)no2)cc1. The van der Waals surface area contributed by atoms with Crippen LogP contribution in [0.2, 0.25) is 0 Å². The normalized spacial score (nSPS) is 11.2. The van der Waals surface area contributed by atoms with Gasteiger partial charge in [-0.1, -0.05) is 5.16 Å². The molecule has 0 bridgehead atoms. The lowest BCUT2D eigenvalue weighted by Crippen LogP contribution is -2.05. The van der Waals surface area contributed by atoms with Crippen molar-refractivity contribution in [2.24, 2.45) is 0 Å². The Morgan fingerprint density at radius 2 is 1.63 bits per heavy atom. The Morgan fingerprint density at radius 3 is 2.26 bits per heavy atom. The third-order valence-electron chi connectivity index (χ3n) is 3.84. The summed E-state index contributed by atoms with van der Waals surface area (Å²) in [6.45, 7) is 0. The van der Waals surface area contributed by atoms with E-state index in [9.17, 15) is 8.42 Å². The monoisotopic (exact) mass is 390 g/mol. The van der Waals surface area contributed by atoms with Gasteiger partial charge in [-0.25, -0.2) is 8.42 Å². The second-order valence-corrected chi connectivity index (χ2v) is 7.51. The highest BCUT2D eigenvalue weighted by Gasteiger charge is 2.21. The van der Waals surface area contributed by atoms with Crippen LogP contribution < -0.4 is 14.2 Å². The second kappa shape index (κ2) is 7.67. The Bertz CT molecular complexity index is 1030. The Balaban J connectivity index is 1.83. The van der Waals surface area contributed by atoms with Gasteiger partial charge in [-0.2, -0.15) is 4.98 Å². The fourth-order valence-electron chi connectivity index (χ4n) is 2.44. The first kappa shape index (κ1) is 18.7. The molecule has 3 rings (SSSR count). The number of benzene rings is 2. The van der Waals surface area contributed by atoms with Crippen LogP contribution in [0.4, 0.5) is 0 Å². The molecule has 1 heterocycles. The van der Waals surface area contributed by atoms with E-state index in [4.69, 9.17) is 18.7 Å². The van der Waals surface area contributed by atoms with Crippen LogP contribution in [-0.4, -0.2) is 39.9 Å². The van der Waals surface area contributed by atoms with E-state index in [-0.39, 0.29) is 16.6 Å². The lowest BCUT2D eigenvalue weighted by atomic mass is 10.2. The Kier molecular flexibility index (Phi) is 5.31. The van der Waals surface area contributed by atoms with Crippen molar-refractivity contribution in [1.82, 2.24) is 10.1 Å². The van der Waals surface area contributed by atoms with Gasteiger partial charge in [0.1, 0.15) is 11.5 Å². The number of aromatic nitrogens is 2. The van der Waals surface area contributed by atoms with Gasteiger partial charge in [-0.15, -0.1) is 0 Å². The number of sulfone groups is 1. The molecule has 1 aromatic heterocycles. The summed E-state index contributed by atoms with van der Waals surface area (Å²) in [5.41, 5.74) is 0.615. The van der Waals surface area contributed by atoms with E-state index in [0.29, 0.717) is 22.8 Å². The molecule has 0 N–H and O–H groups in total. The van der Waals surface area contributed by atoms with Crippen molar-refractivity contribution >= 4 is 9.84 Å². The standard InChI is InChI=1S/C18H18N2O6S/c1-23-13-5-7-14(8-6-13)27(21,22)11-17-19-18(20-26-17)12-4-9-15(24-2)16(10-12)25-3/h4-10H,11H2,1-3H3. The van der Waals surface area contributed by atoms with E-state index >= 15 is 0 Å². The minimum atomic E-state index is -3.63. The van der Waals surface area contributed by atoms with E-state index in [0.717, 1.165) is 0 Å². The lowest BCUT2D eigenvalue weighted by molar-refractivity contribution is 0.355. The lowest BCUT2D eigenvalue weighted by Gasteiger charge is -2.07. The van der Waals surface area contributed by atoms with E-state index in [1.54, 1.807) is 30.3 Å². The van der Waals surface area contributed by atoms with Crippen LogP contribution in [0.3, 0.4) is 0 Å². The molecule has 0 saturated carbocycles. The molecule has 0 saturated heterocycles. The number of hydrogen-bond donors (Lipinski definition) is 0. The third-order valence-corrected chi connectivity index (χ3v) is 5.46. The number of rotatable bonds is 7. The number of hydrogen-bond acceptors (Lipinski definition) is 8. The number of methoxy groups -OCH3 is 3. The summed E-state index contributed by atoms with van der Waals surface area (Å²) < 4.78 is 45.6. The minimum Gasteiger partial charge on any atom is -0.497 e. The molecule has 0 aliphatic rings. The molecule has 9 heteroatoms. The van der Waals surface area contributed by atoms with E-state index in [1.165, 1.54) is 33.5 Å². The van der Waals surface area contributed by atoms with Crippen LogP contribution in [0.15, 0.2) is 51.9 Å². The Morgan fingerprint density at radius 1 is 0.926 bits per heavy atom. The molecule has 0 radical (unpaired) electrons. The van der Waals surface area contributed by atoms with Crippen LogP contribution in [0.5, 0.6) is 17.2 Å². The molecule has 0 unspecified atom stereocenters. The molecule has 0 spiro atoms. The van der Waals surface area contributed by atoms with Gasteiger partial charge < -0.3 is 18.7 Å². The predicted octanol–water partition coefficient (Wildman–Crippen LogP) is 2.74. The Hall–Kier alpha value is -3.07. The fraction of sp³-hybridized carbons (Fsp3) is 0.222. The van der Waals surface area contributed by atoms with Gasteiger partial charge >= 0.3 is 0 Å². The zero-order valence-electron chi connectivity index (χ0n) is 15.0. The molecule has 27 heavy (non-hydrogen) atoms. The van der Waals surface area contributed by atoms with Crippen molar-refractivity contribution in [3.8, 4) is 28.6 Å². The highest BCUT2D eigenvalue weighted by atomic mass is 32.2. The van der Waals surface area contributed by atoms with Crippen LogP contribution in [0.25, 0.3) is 11.4 Å². The van der Waals surface area contributed by atoms with Crippen molar-refractivity contribution < 1.29 is 27.2 Å². The molecule has 2 aromatic carbocycles. The van der Waals surface area contributed by atoms with Crippen molar-refractivity contribution in [2.45, 2.75) is 10.6 Å². The maximum atomic E-state index is 12.5. The summed E-state index contributed by atoms with van der Waals surface area (Å²) in [6, 6.07) is 11.2.